The van der Waals surface area contributed by atoms with Crippen LogP contribution in [0, 0.1) is 5.41 Å². The molecule has 4 N–H and O–H groups in total. The molecule has 0 bridgehead atoms. The minimum absolute atomic E-state index is 0. The van der Waals surface area contributed by atoms with E-state index in [0.717, 1.165) is 5.56 Å². The van der Waals surface area contributed by atoms with Crippen LogP contribution in [-0.4, -0.2) is 24.1 Å². The fourth-order valence-electron chi connectivity index (χ4n) is 1.91. The second-order valence-electron chi connectivity index (χ2n) is 4.47. The molecule has 1 heterocycles. The normalized spacial score (nSPS) is 12.6. The van der Waals surface area contributed by atoms with E-state index in [9.17, 15) is 9.90 Å². The Labute approximate surface area is 124 Å². The Morgan fingerprint density at radius 2 is 2.16 bits per heavy atom. The predicted molar refractivity (Wildman–Crippen MR) is 81.6 cm³/mol. The van der Waals surface area contributed by atoms with Gasteiger partial charge >= 0.3 is 0 Å². The van der Waals surface area contributed by atoms with E-state index in [4.69, 9.17) is 5.73 Å². The topological polar surface area (TPSA) is 75.4 Å². The molecule has 1 aromatic heterocycles. The summed E-state index contributed by atoms with van der Waals surface area (Å²) < 4.78 is 0. The summed E-state index contributed by atoms with van der Waals surface area (Å²) in [6.45, 7) is 4.49. The molecule has 0 saturated heterocycles. The summed E-state index contributed by atoms with van der Waals surface area (Å²) in [5, 5.41) is 16.5. The number of aliphatic hydroxyl groups excluding tert-OH is 1. The molecule has 1 unspecified atom stereocenters. The first-order valence-corrected chi connectivity index (χ1v) is 7.22. The van der Waals surface area contributed by atoms with E-state index in [1.807, 2.05) is 30.7 Å². The summed E-state index contributed by atoms with van der Waals surface area (Å²) >= 11 is 1.53. The maximum absolute atomic E-state index is 12.1. The third-order valence-corrected chi connectivity index (χ3v) is 4.31. The summed E-state index contributed by atoms with van der Waals surface area (Å²) in [6.07, 6.45) is 0.769. The fraction of sp³-hybridized carbons (Fsp3) is 0.615. The van der Waals surface area contributed by atoms with Crippen LogP contribution >= 0.6 is 23.7 Å². The molecule has 6 heteroatoms. The van der Waals surface area contributed by atoms with E-state index in [1.165, 1.54) is 11.3 Å². The van der Waals surface area contributed by atoms with Gasteiger partial charge in [0.1, 0.15) is 0 Å². The molecule has 0 aliphatic heterocycles. The number of amides is 1. The molecule has 0 aliphatic rings. The highest BCUT2D eigenvalue weighted by Gasteiger charge is 2.33. The number of nitrogens with one attached hydrogen (secondary N) is 1. The molecule has 0 saturated carbocycles. The van der Waals surface area contributed by atoms with Crippen molar-refractivity contribution in [3.8, 4) is 0 Å². The molecule has 0 radical (unpaired) electrons. The van der Waals surface area contributed by atoms with Gasteiger partial charge in [-0.3, -0.25) is 4.79 Å². The van der Waals surface area contributed by atoms with Crippen molar-refractivity contribution in [3.05, 3.63) is 22.4 Å². The van der Waals surface area contributed by atoms with Crippen LogP contribution in [0.4, 0.5) is 0 Å². The van der Waals surface area contributed by atoms with Crippen molar-refractivity contribution in [1.29, 1.82) is 0 Å². The minimum Gasteiger partial charge on any atom is -0.387 e. The standard InChI is InChI=1S/C13H22N2O2S.ClH/c1-3-13(4-2,9-14)12(17)15-7-11(16)10-5-6-18-8-10;/h5-6,8,11,16H,3-4,7,9,14H2,1-2H3,(H,15,17);1H. The summed E-state index contributed by atoms with van der Waals surface area (Å²) in [6, 6.07) is 1.86. The average molecular weight is 307 g/mol. The number of aliphatic hydroxyl groups is 1. The third-order valence-electron chi connectivity index (χ3n) is 3.61. The minimum atomic E-state index is -0.649. The van der Waals surface area contributed by atoms with Gasteiger partial charge in [0.2, 0.25) is 5.91 Å². The van der Waals surface area contributed by atoms with Gasteiger partial charge in [-0.05, 0) is 35.2 Å². The highest BCUT2D eigenvalue weighted by Crippen LogP contribution is 2.25. The van der Waals surface area contributed by atoms with Crippen molar-refractivity contribution in [3.63, 3.8) is 0 Å². The lowest BCUT2D eigenvalue weighted by molar-refractivity contribution is -0.131. The molecule has 1 aromatic rings. The zero-order chi connectivity index (χ0) is 13.6. The number of halogens is 1. The number of hydrogen-bond donors (Lipinski definition) is 3. The Hall–Kier alpha value is -0.620. The summed E-state index contributed by atoms with van der Waals surface area (Å²) in [7, 11) is 0. The first-order chi connectivity index (χ1) is 8.59. The lowest BCUT2D eigenvalue weighted by Gasteiger charge is -2.29. The molecule has 1 amide bonds. The molecule has 110 valence electrons. The molecule has 0 spiro atoms. The molecule has 0 aliphatic carbocycles. The van der Waals surface area contributed by atoms with Crippen LogP contribution in [0.5, 0.6) is 0 Å². The maximum Gasteiger partial charge on any atom is 0.227 e. The number of hydrogen-bond acceptors (Lipinski definition) is 4. The van der Waals surface area contributed by atoms with E-state index in [0.29, 0.717) is 19.4 Å². The van der Waals surface area contributed by atoms with Gasteiger partial charge < -0.3 is 16.2 Å². The van der Waals surface area contributed by atoms with Crippen LogP contribution < -0.4 is 11.1 Å². The second-order valence-corrected chi connectivity index (χ2v) is 5.25. The second kappa shape index (κ2) is 8.53. The van der Waals surface area contributed by atoms with Crippen molar-refractivity contribution < 1.29 is 9.90 Å². The van der Waals surface area contributed by atoms with Crippen LogP contribution in [0.25, 0.3) is 0 Å². The van der Waals surface area contributed by atoms with Gasteiger partial charge in [-0.1, -0.05) is 13.8 Å². The van der Waals surface area contributed by atoms with Gasteiger partial charge in [0.25, 0.3) is 0 Å². The highest BCUT2D eigenvalue weighted by molar-refractivity contribution is 7.07. The Morgan fingerprint density at radius 3 is 2.58 bits per heavy atom. The van der Waals surface area contributed by atoms with Gasteiger partial charge in [-0.15, -0.1) is 12.4 Å². The Balaban J connectivity index is 0.00000324. The Bertz CT molecular complexity index is 358. The lowest BCUT2D eigenvalue weighted by Crippen LogP contribution is -2.46. The van der Waals surface area contributed by atoms with Gasteiger partial charge in [0, 0.05) is 13.1 Å². The van der Waals surface area contributed by atoms with E-state index < -0.39 is 11.5 Å². The van der Waals surface area contributed by atoms with Crippen molar-refractivity contribution in [2.75, 3.05) is 13.1 Å². The number of rotatable bonds is 7. The number of carbonyl (C=O) groups is 1. The van der Waals surface area contributed by atoms with Crippen LogP contribution in [-0.2, 0) is 4.79 Å². The van der Waals surface area contributed by atoms with Crippen LogP contribution in [0.15, 0.2) is 16.8 Å². The monoisotopic (exact) mass is 306 g/mol. The largest absolute Gasteiger partial charge is 0.387 e. The van der Waals surface area contributed by atoms with Crippen molar-refractivity contribution >= 4 is 29.7 Å². The highest BCUT2D eigenvalue weighted by atomic mass is 35.5. The molecule has 1 atom stereocenters. The van der Waals surface area contributed by atoms with Crippen molar-refractivity contribution in [1.82, 2.24) is 5.32 Å². The van der Waals surface area contributed by atoms with Crippen molar-refractivity contribution in [2.24, 2.45) is 11.1 Å². The number of nitrogens with two attached hydrogens (primary N) is 1. The molecular formula is C13H23ClN2O2S. The summed E-state index contributed by atoms with van der Waals surface area (Å²) in [5.41, 5.74) is 6.04. The van der Waals surface area contributed by atoms with Crippen molar-refractivity contribution in [2.45, 2.75) is 32.8 Å². The van der Waals surface area contributed by atoms with Gasteiger partial charge in [-0.25, -0.2) is 0 Å². The third kappa shape index (κ3) is 4.45. The smallest absolute Gasteiger partial charge is 0.227 e. The van der Waals surface area contributed by atoms with E-state index in [2.05, 4.69) is 5.32 Å². The Morgan fingerprint density at radius 1 is 1.53 bits per heavy atom. The summed E-state index contributed by atoms with van der Waals surface area (Å²) in [5.74, 6) is -0.0655. The SMILES string of the molecule is CCC(CC)(CN)C(=O)NCC(O)c1ccsc1.Cl. The molecule has 19 heavy (non-hydrogen) atoms. The van der Waals surface area contributed by atoms with Gasteiger partial charge in [0.05, 0.1) is 11.5 Å². The average Bonchev–Trinajstić information content (AvgIpc) is 2.92. The maximum atomic E-state index is 12.1. The molecule has 4 nitrogen and oxygen atoms in total. The zero-order valence-electron chi connectivity index (χ0n) is 11.4. The number of thiophene rings is 1. The quantitative estimate of drug-likeness (QED) is 0.722. The Kier molecular flexibility index (Phi) is 8.25. The molecule has 1 rings (SSSR count). The predicted octanol–water partition coefficient (Wildman–Crippen LogP) is 2.08. The van der Waals surface area contributed by atoms with Gasteiger partial charge in [-0.2, -0.15) is 11.3 Å². The first-order valence-electron chi connectivity index (χ1n) is 6.28. The van der Waals surface area contributed by atoms with E-state index in [1.54, 1.807) is 0 Å². The lowest BCUT2D eigenvalue weighted by atomic mass is 9.81. The molecular weight excluding hydrogens is 284 g/mol. The van der Waals surface area contributed by atoms with Crippen LogP contribution in [0.1, 0.15) is 38.4 Å². The van der Waals surface area contributed by atoms with E-state index in [-0.39, 0.29) is 24.9 Å². The molecule has 0 aromatic carbocycles. The zero-order valence-corrected chi connectivity index (χ0v) is 13.0. The summed E-state index contributed by atoms with van der Waals surface area (Å²) in [4.78, 5) is 12.1. The number of carbonyl (C=O) groups excluding carboxylic acids is 1. The molecule has 0 fully saturated rings. The fourth-order valence-corrected chi connectivity index (χ4v) is 2.62. The van der Waals surface area contributed by atoms with Crippen LogP contribution in [0.3, 0.4) is 0 Å². The van der Waals surface area contributed by atoms with Crippen LogP contribution in [0.2, 0.25) is 0 Å². The van der Waals surface area contributed by atoms with Gasteiger partial charge in [0.15, 0.2) is 0 Å². The first kappa shape index (κ1) is 18.4. The van der Waals surface area contributed by atoms with E-state index >= 15 is 0 Å².